The first-order valence-electron chi connectivity index (χ1n) is 4.86. The van der Waals surface area contributed by atoms with Gasteiger partial charge in [0.25, 0.3) is 0 Å². The summed E-state index contributed by atoms with van der Waals surface area (Å²) in [5, 5.41) is 14.8. The van der Waals surface area contributed by atoms with Crippen molar-refractivity contribution in [1.29, 1.82) is 0 Å². The molecule has 0 saturated carbocycles. The van der Waals surface area contributed by atoms with E-state index in [1.165, 1.54) is 0 Å². The normalized spacial score (nSPS) is 17.0. The number of nitrogens with two attached hydrogens (primary N) is 1. The van der Waals surface area contributed by atoms with Gasteiger partial charge < -0.3 is 16.3 Å². The molecule has 13 heavy (non-hydrogen) atoms. The molecule has 0 fully saturated rings. The minimum absolute atomic E-state index is 0.294. The first-order chi connectivity index (χ1) is 6.13. The zero-order valence-corrected chi connectivity index (χ0v) is 8.75. The summed E-state index contributed by atoms with van der Waals surface area (Å²) in [7, 11) is 0. The molecule has 0 saturated heterocycles. The van der Waals surface area contributed by atoms with Crippen LogP contribution in [0.4, 0.5) is 0 Å². The summed E-state index contributed by atoms with van der Waals surface area (Å²) in [6, 6.07) is 0.794. The Morgan fingerprint density at radius 1 is 1.46 bits per heavy atom. The van der Waals surface area contributed by atoms with Crippen molar-refractivity contribution in [2.75, 3.05) is 0 Å². The molecule has 4 heteroatoms. The Balaban J connectivity index is 3.89. The van der Waals surface area contributed by atoms with Gasteiger partial charge in [-0.25, -0.2) is 0 Å². The molecule has 0 aliphatic heterocycles. The van der Waals surface area contributed by atoms with E-state index in [4.69, 9.17) is 10.9 Å². The van der Waals surface area contributed by atoms with Gasteiger partial charge in [-0.05, 0) is 19.8 Å². The van der Waals surface area contributed by atoms with Crippen LogP contribution >= 0.6 is 0 Å². The van der Waals surface area contributed by atoms with Gasteiger partial charge in [-0.15, -0.1) is 0 Å². The monoisotopic (exact) mass is 187 g/mol. The summed E-state index contributed by atoms with van der Waals surface area (Å²) in [6.07, 6.45) is 2.69. The smallest absolute Gasteiger partial charge is 0.140 e. The number of hydrogen-bond acceptors (Lipinski definition) is 3. The third-order valence-corrected chi connectivity index (χ3v) is 2.21. The molecule has 78 valence electrons. The average molecular weight is 187 g/mol. The molecule has 0 radical (unpaired) electrons. The molecule has 4 nitrogen and oxygen atoms in total. The van der Waals surface area contributed by atoms with Crippen LogP contribution in [0.25, 0.3) is 0 Å². The van der Waals surface area contributed by atoms with Gasteiger partial charge in [0.2, 0.25) is 0 Å². The summed E-state index contributed by atoms with van der Waals surface area (Å²) < 4.78 is 0. The highest BCUT2D eigenvalue weighted by atomic mass is 16.4. The van der Waals surface area contributed by atoms with E-state index in [1.807, 2.05) is 0 Å². The minimum Gasteiger partial charge on any atom is -0.409 e. The molecule has 0 aromatic rings. The highest BCUT2D eigenvalue weighted by Gasteiger charge is 2.10. The number of nitrogens with zero attached hydrogens (tertiary/aromatic N) is 1. The molecule has 0 aromatic heterocycles. The van der Waals surface area contributed by atoms with Gasteiger partial charge in [0, 0.05) is 18.5 Å². The zero-order chi connectivity index (χ0) is 10.3. The lowest BCUT2D eigenvalue weighted by molar-refractivity contribution is 0.314. The van der Waals surface area contributed by atoms with Crippen LogP contribution in [0.3, 0.4) is 0 Å². The lowest BCUT2D eigenvalue weighted by Gasteiger charge is -2.20. The Kier molecular flexibility index (Phi) is 6.32. The van der Waals surface area contributed by atoms with E-state index in [0.717, 1.165) is 12.8 Å². The van der Waals surface area contributed by atoms with E-state index in [9.17, 15) is 0 Å². The topological polar surface area (TPSA) is 70.6 Å². The van der Waals surface area contributed by atoms with Crippen LogP contribution in [0, 0.1) is 0 Å². The second-order valence-electron chi connectivity index (χ2n) is 3.38. The van der Waals surface area contributed by atoms with E-state index in [0.29, 0.717) is 24.3 Å². The van der Waals surface area contributed by atoms with Crippen molar-refractivity contribution < 1.29 is 5.21 Å². The fourth-order valence-electron chi connectivity index (χ4n) is 1.13. The van der Waals surface area contributed by atoms with E-state index in [-0.39, 0.29) is 0 Å². The molecule has 0 aliphatic carbocycles. The Bertz CT molecular complexity index is 159. The average Bonchev–Trinajstić information content (AvgIpc) is 2.16. The van der Waals surface area contributed by atoms with Crippen molar-refractivity contribution in [1.82, 2.24) is 5.32 Å². The first kappa shape index (κ1) is 12.2. The van der Waals surface area contributed by atoms with Gasteiger partial charge in [-0.3, -0.25) is 0 Å². The Labute approximate surface area is 80.2 Å². The second kappa shape index (κ2) is 6.71. The summed E-state index contributed by atoms with van der Waals surface area (Å²) in [5.41, 5.74) is 5.43. The molecule has 0 amide bonds. The second-order valence-corrected chi connectivity index (χ2v) is 3.38. The van der Waals surface area contributed by atoms with E-state index >= 15 is 0 Å². The van der Waals surface area contributed by atoms with Crippen molar-refractivity contribution >= 4 is 5.84 Å². The van der Waals surface area contributed by atoms with E-state index in [1.54, 1.807) is 0 Å². The number of nitrogens with one attached hydrogen (secondary N) is 1. The maximum atomic E-state index is 8.41. The van der Waals surface area contributed by atoms with Crippen LogP contribution in [0.15, 0.2) is 5.16 Å². The Hall–Kier alpha value is -0.770. The highest BCUT2D eigenvalue weighted by molar-refractivity contribution is 5.80. The molecule has 0 bridgehead atoms. The third kappa shape index (κ3) is 5.47. The van der Waals surface area contributed by atoms with Crippen LogP contribution < -0.4 is 11.1 Å². The SMILES string of the molecule is CCC(C)NC(CC)CC(N)=NO. The van der Waals surface area contributed by atoms with Crippen LogP contribution in [-0.4, -0.2) is 23.1 Å². The third-order valence-electron chi connectivity index (χ3n) is 2.21. The molecule has 2 atom stereocenters. The predicted octanol–water partition coefficient (Wildman–Crippen LogP) is 1.29. The highest BCUT2D eigenvalue weighted by Crippen LogP contribution is 2.01. The summed E-state index contributed by atoms with van der Waals surface area (Å²) in [6.45, 7) is 6.35. The molecule has 0 aromatic carbocycles. The van der Waals surface area contributed by atoms with Gasteiger partial charge in [0.1, 0.15) is 5.84 Å². The zero-order valence-electron chi connectivity index (χ0n) is 8.75. The molecular formula is C9H21N3O. The van der Waals surface area contributed by atoms with Crippen LogP contribution in [0.1, 0.15) is 40.0 Å². The molecule has 2 unspecified atom stereocenters. The molecule has 0 rings (SSSR count). The van der Waals surface area contributed by atoms with E-state index < -0.39 is 0 Å². The number of hydrogen-bond donors (Lipinski definition) is 3. The lowest BCUT2D eigenvalue weighted by atomic mass is 10.1. The minimum atomic E-state index is 0.294. The van der Waals surface area contributed by atoms with Crippen molar-refractivity contribution in [3.05, 3.63) is 0 Å². The van der Waals surface area contributed by atoms with Crippen molar-refractivity contribution in [2.24, 2.45) is 10.9 Å². The summed E-state index contributed by atoms with van der Waals surface area (Å²) >= 11 is 0. The Morgan fingerprint density at radius 2 is 2.08 bits per heavy atom. The molecule has 0 aliphatic rings. The van der Waals surface area contributed by atoms with Gasteiger partial charge in [0.05, 0.1) is 0 Å². The van der Waals surface area contributed by atoms with Crippen molar-refractivity contribution in [3.63, 3.8) is 0 Å². The molecule has 0 heterocycles. The Morgan fingerprint density at radius 3 is 2.46 bits per heavy atom. The van der Waals surface area contributed by atoms with Crippen molar-refractivity contribution in [3.8, 4) is 0 Å². The molecule has 4 N–H and O–H groups in total. The number of amidine groups is 1. The lowest BCUT2D eigenvalue weighted by Crippen LogP contribution is -2.38. The van der Waals surface area contributed by atoms with Crippen LogP contribution in [0.5, 0.6) is 0 Å². The summed E-state index contributed by atoms with van der Waals surface area (Å²) in [5.74, 6) is 0.294. The van der Waals surface area contributed by atoms with E-state index in [2.05, 4.69) is 31.2 Å². The van der Waals surface area contributed by atoms with Gasteiger partial charge in [-0.2, -0.15) is 0 Å². The quantitative estimate of drug-likeness (QED) is 0.254. The number of rotatable bonds is 6. The first-order valence-corrected chi connectivity index (χ1v) is 4.86. The number of oxime groups is 1. The van der Waals surface area contributed by atoms with Crippen molar-refractivity contribution in [2.45, 2.75) is 52.1 Å². The maximum absolute atomic E-state index is 8.41. The molecule has 0 spiro atoms. The summed E-state index contributed by atoms with van der Waals surface area (Å²) in [4.78, 5) is 0. The van der Waals surface area contributed by atoms with Crippen LogP contribution in [-0.2, 0) is 0 Å². The van der Waals surface area contributed by atoms with Gasteiger partial charge in [-0.1, -0.05) is 19.0 Å². The standard InChI is InChI=1S/C9H21N3O/c1-4-7(3)11-8(5-2)6-9(10)12-13/h7-8,11,13H,4-6H2,1-3H3,(H2,10,12). The largest absolute Gasteiger partial charge is 0.409 e. The maximum Gasteiger partial charge on any atom is 0.140 e. The fraction of sp³-hybridized carbons (Fsp3) is 0.889. The predicted molar refractivity (Wildman–Crippen MR) is 55.0 cm³/mol. The van der Waals surface area contributed by atoms with Crippen LogP contribution in [0.2, 0.25) is 0 Å². The molecular weight excluding hydrogens is 166 g/mol. The fourth-order valence-corrected chi connectivity index (χ4v) is 1.13. The van der Waals surface area contributed by atoms with Gasteiger partial charge in [0.15, 0.2) is 0 Å². The van der Waals surface area contributed by atoms with Gasteiger partial charge >= 0.3 is 0 Å².